The van der Waals surface area contributed by atoms with Crippen LogP contribution in [-0.4, -0.2) is 28.8 Å². The van der Waals surface area contributed by atoms with Gasteiger partial charge in [0.1, 0.15) is 5.75 Å². The molecule has 1 aromatic heterocycles. The maximum Gasteiger partial charge on any atom is 0.253 e. The van der Waals surface area contributed by atoms with Crippen LogP contribution in [0.15, 0.2) is 36.7 Å². The molecule has 0 saturated heterocycles. The molecule has 1 aromatic carbocycles. The van der Waals surface area contributed by atoms with Gasteiger partial charge in [0.25, 0.3) is 5.91 Å². The van der Waals surface area contributed by atoms with E-state index in [1.165, 1.54) is 0 Å². The molecule has 6 nitrogen and oxygen atoms in total. The normalized spacial score (nSPS) is 11.9. The first-order valence-corrected chi connectivity index (χ1v) is 6.32. The first-order chi connectivity index (χ1) is 9.60. The number of nitrogens with zero attached hydrogens (tertiary/aromatic N) is 2. The molecule has 1 amide bonds. The van der Waals surface area contributed by atoms with E-state index in [1.807, 2.05) is 19.2 Å². The van der Waals surface area contributed by atoms with Crippen LogP contribution in [0, 0.1) is 0 Å². The highest BCUT2D eigenvalue weighted by Crippen LogP contribution is 2.19. The summed E-state index contributed by atoms with van der Waals surface area (Å²) in [5, 5.41) is 6.99. The zero-order chi connectivity index (χ0) is 14.5. The topological polar surface area (TPSA) is 82.2 Å². The predicted octanol–water partition coefficient (Wildman–Crippen LogP) is 1.29. The van der Waals surface area contributed by atoms with E-state index in [-0.39, 0.29) is 11.9 Å². The summed E-state index contributed by atoms with van der Waals surface area (Å²) in [6, 6.07) is 6.79. The highest BCUT2D eigenvalue weighted by molar-refractivity contribution is 5.99. The maximum absolute atomic E-state index is 12.2. The van der Waals surface area contributed by atoms with Crippen LogP contribution in [0.25, 0.3) is 0 Å². The highest BCUT2D eigenvalue weighted by atomic mass is 16.5. The summed E-state index contributed by atoms with van der Waals surface area (Å²) in [5.74, 6) is 0.380. The lowest BCUT2D eigenvalue weighted by molar-refractivity contribution is 0.0936. The van der Waals surface area contributed by atoms with Crippen molar-refractivity contribution in [2.45, 2.75) is 19.5 Å². The number of nitrogen functional groups attached to an aromatic ring is 1. The van der Waals surface area contributed by atoms with E-state index in [9.17, 15) is 4.79 Å². The molecule has 1 heterocycles. The Kier molecular flexibility index (Phi) is 4.24. The molecule has 1 atom stereocenters. The number of amides is 1. The van der Waals surface area contributed by atoms with Gasteiger partial charge in [-0.3, -0.25) is 9.48 Å². The summed E-state index contributed by atoms with van der Waals surface area (Å²) in [6.07, 6.45) is 3.55. The number of hydrogen-bond donors (Lipinski definition) is 2. The van der Waals surface area contributed by atoms with Crippen molar-refractivity contribution < 1.29 is 9.53 Å². The SMILES string of the molecule is COc1ccc(N)c(C(=O)NC(C)Cn2cccn2)c1. The molecule has 0 fully saturated rings. The third-order valence-electron chi connectivity index (χ3n) is 2.90. The number of methoxy groups -OCH3 is 1. The molecular weight excluding hydrogens is 256 g/mol. The number of carbonyl (C=O) groups is 1. The van der Waals surface area contributed by atoms with Crippen molar-refractivity contribution in [1.29, 1.82) is 0 Å². The van der Waals surface area contributed by atoms with Gasteiger partial charge in [0, 0.05) is 24.1 Å². The smallest absolute Gasteiger partial charge is 0.253 e. The van der Waals surface area contributed by atoms with Gasteiger partial charge in [-0.25, -0.2) is 0 Å². The molecule has 6 heteroatoms. The fourth-order valence-corrected chi connectivity index (χ4v) is 1.90. The molecule has 0 aliphatic heterocycles. The van der Waals surface area contributed by atoms with E-state index in [4.69, 9.17) is 10.5 Å². The fraction of sp³-hybridized carbons (Fsp3) is 0.286. The first-order valence-electron chi connectivity index (χ1n) is 6.32. The third kappa shape index (κ3) is 3.28. The molecule has 20 heavy (non-hydrogen) atoms. The Labute approximate surface area is 117 Å². The van der Waals surface area contributed by atoms with Gasteiger partial charge in [0.05, 0.1) is 19.2 Å². The second-order valence-electron chi connectivity index (χ2n) is 4.56. The number of ether oxygens (including phenoxy) is 1. The minimum absolute atomic E-state index is 0.0620. The quantitative estimate of drug-likeness (QED) is 0.805. The van der Waals surface area contributed by atoms with Crippen molar-refractivity contribution in [3.05, 3.63) is 42.2 Å². The largest absolute Gasteiger partial charge is 0.497 e. The lowest BCUT2D eigenvalue weighted by atomic mass is 10.1. The fourth-order valence-electron chi connectivity index (χ4n) is 1.90. The molecule has 0 bridgehead atoms. The Morgan fingerprint density at radius 1 is 1.55 bits per heavy atom. The van der Waals surface area contributed by atoms with Crippen molar-refractivity contribution in [1.82, 2.24) is 15.1 Å². The van der Waals surface area contributed by atoms with Crippen molar-refractivity contribution >= 4 is 11.6 Å². The van der Waals surface area contributed by atoms with E-state index < -0.39 is 0 Å². The second-order valence-corrected chi connectivity index (χ2v) is 4.56. The number of rotatable bonds is 5. The Hall–Kier alpha value is -2.50. The van der Waals surface area contributed by atoms with Gasteiger partial charge >= 0.3 is 0 Å². The van der Waals surface area contributed by atoms with Crippen LogP contribution in [0.4, 0.5) is 5.69 Å². The van der Waals surface area contributed by atoms with E-state index in [0.29, 0.717) is 23.5 Å². The van der Waals surface area contributed by atoms with Crippen molar-refractivity contribution in [2.24, 2.45) is 0 Å². The average Bonchev–Trinajstić information content (AvgIpc) is 2.91. The average molecular weight is 274 g/mol. The van der Waals surface area contributed by atoms with Gasteiger partial charge in [0.2, 0.25) is 0 Å². The van der Waals surface area contributed by atoms with Crippen molar-refractivity contribution in [3.63, 3.8) is 0 Å². The van der Waals surface area contributed by atoms with Crippen LogP contribution in [0.2, 0.25) is 0 Å². The summed E-state index contributed by atoms with van der Waals surface area (Å²) in [5.41, 5.74) is 6.66. The summed E-state index contributed by atoms with van der Waals surface area (Å²) in [4.78, 5) is 12.2. The number of benzene rings is 1. The van der Waals surface area contributed by atoms with Crippen LogP contribution in [0.5, 0.6) is 5.75 Å². The zero-order valence-corrected chi connectivity index (χ0v) is 11.5. The van der Waals surface area contributed by atoms with E-state index in [2.05, 4.69) is 10.4 Å². The summed E-state index contributed by atoms with van der Waals surface area (Å²) < 4.78 is 6.86. The minimum atomic E-state index is -0.221. The molecule has 106 valence electrons. The van der Waals surface area contributed by atoms with Gasteiger partial charge < -0.3 is 15.8 Å². The molecule has 2 rings (SSSR count). The van der Waals surface area contributed by atoms with E-state index in [0.717, 1.165) is 0 Å². The molecular formula is C14H18N4O2. The Balaban J connectivity index is 2.04. The van der Waals surface area contributed by atoms with Crippen molar-refractivity contribution in [3.8, 4) is 5.75 Å². The number of aromatic nitrogens is 2. The monoisotopic (exact) mass is 274 g/mol. The number of nitrogens with two attached hydrogens (primary N) is 1. The first kappa shape index (κ1) is 13.9. The standard InChI is InChI=1S/C14H18N4O2/c1-10(9-18-7-3-6-16-18)17-14(19)12-8-11(20-2)4-5-13(12)15/h3-8,10H,9,15H2,1-2H3,(H,17,19). The number of anilines is 1. The van der Waals surface area contributed by atoms with Gasteiger partial charge in [-0.2, -0.15) is 5.10 Å². The molecule has 0 saturated carbocycles. The van der Waals surface area contributed by atoms with Crippen LogP contribution < -0.4 is 15.8 Å². The third-order valence-corrected chi connectivity index (χ3v) is 2.90. The number of carbonyl (C=O) groups excluding carboxylic acids is 1. The Morgan fingerprint density at radius 3 is 3.00 bits per heavy atom. The van der Waals surface area contributed by atoms with Gasteiger partial charge in [-0.15, -0.1) is 0 Å². The maximum atomic E-state index is 12.2. The van der Waals surface area contributed by atoms with Crippen LogP contribution in [-0.2, 0) is 6.54 Å². The predicted molar refractivity (Wildman–Crippen MR) is 76.6 cm³/mol. The summed E-state index contributed by atoms with van der Waals surface area (Å²) >= 11 is 0. The minimum Gasteiger partial charge on any atom is -0.497 e. The van der Waals surface area contributed by atoms with Crippen LogP contribution in [0.3, 0.4) is 0 Å². The van der Waals surface area contributed by atoms with Gasteiger partial charge in [0.15, 0.2) is 0 Å². The Morgan fingerprint density at radius 2 is 2.35 bits per heavy atom. The van der Waals surface area contributed by atoms with Crippen LogP contribution >= 0.6 is 0 Å². The molecule has 0 aliphatic rings. The lowest BCUT2D eigenvalue weighted by Gasteiger charge is -2.15. The molecule has 3 N–H and O–H groups in total. The Bertz CT molecular complexity index is 581. The van der Waals surface area contributed by atoms with Gasteiger partial charge in [-0.05, 0) is 31.2 Å². The molecule has 1 unspecified atom stereocenters. The van der Waals surface area contributed by atoms with Crippen LogP contribution in [0.1, 0.15) is 17.3 Å². The lowest BCUT2D eigenvalue weighted by Crippen LogP contribution is -2.36. The second kappa shape index (κ2) is 6.10. The number of nitrogens with one attached hydrogen (secondary N) is 1. The number of hydrogen-bond acceptors (Lipinski definition) is 4. The molecule has 2 aromatic rings. The molecule has 0 radical (unpaired) electrons. The van der Waals surface area contributed by atoms with Gasteiger partial charge in [-0.1, -0.05) is 0 Å². The van der Waals surface area contributed by atoms with E-state index in [1.54, 1.807) is 36.2 Å². The zero-order valence-electron chi connectivity index (χ0n) is 11.5. The highest BCUT2D eigenvalue weighted by Gasteiger charge is 2.14. The van der Waals surface area contributed by atoms with Crippen molar-refractivity contribution in [2.75, 3.05) is 12.8 Å². The molecule has 0 aliphatic carbocycles. The van der Waals surface area contributed by atoms with E-state index >= 15 is 0 Å². The summed E-state index contributed by atoms with van der Waals surface area (Å²) in [7, 11) is 1.55. The summed E-state index contributed by atoms with van der Waals surface area (Å²) in [6.45, 7) is 2.51. The molecule has 0 spiro atoms.